The van der Waals surface area contributed by atoms with Gasteiger partial charge < -0.3 is 5.11 Å². The average Bonchev–Trinajstić information content (AvgIpc) is 2.98. The van der Waals surface area contributed by atoms with Gasteiger partial charge in [0, 0.05) is 25.4 Å². The van der Waals surface area contributed by atoms with Crippen LogP contribution in [0.5, 0.6) is 0 Å². The molecule has 2 rings (SSSR count). The summed E-state index contributed by atoms with van der Waals surface area (Å²) in [6.07, 6.45) is 0.891. The number of hydrogen-bond acceptors (Lipinski definition) is 5. The highest BCUT2D eigenvalue weighted by atomic mass is 32.1. The number of carbonyl (C=O) groups excluding carboxylic acids is 1. The standard InChI is InChI=1S/C14H21N3O3S/c1-4-17(10(3)18)14-15-11(8-21-14)7-16-6-5-9(2)12(16)13(19)20/h8-9,12H,4-7H2,1-3H3,(H,19,20). The second kappa shape index (κ2) is 6.53. The monoisotopic (exact) mass is 311 g/mol. The Hall–Kier alpha value is -1.47. The lowest BCUT2D eigenvalue weighted by Crippen LogP contribution is -2.38. The molecule has 1 amide bonds. The molecule has 2 unspecified atom stereocenters. The first kappa shape index (κ1) is 15.9. The van der Waals surface area contributed by atoms with Crippen LogP contribution in [0.15, 0.2) is 5.38 Å². The van der Waals surface area contributed by atoms with Gasteiger partial charge in [0.15, 0.2) is 5.13 Å². The fourth-order valence-electron chi connectivity index (χ4n) is 2.80. The summed E-state index contributed by atoms with van der Waals surface area (Å²) >= 11 is 1.42. The quantitative estimate of drug-likeness (QED) is 0.898. The van der Waals surface area contributed by atoms with E-state index in [4.69, 9.17) is 0 Å². The molecule has 2 heterocycles. The van der Waals surface area contributed by atoms with Crippen molar-refractivity contribution in [3.05, 3.63) is 11.1 Å². The third kappa shape index (κ3) is 3.41. The molecule has 1 fully saturated rings. The second-order valence-electron chi connectivity index (χ2n) is 5.40. The maximum absolute atomic E-state index is 11.5. The van der Waals surface area contributed by atoms with E-state index >= 15 is 0 Å². The van der Waals surface area contributed by atoms with Crippen molar-refractivity contribution in [2.45, 2.75) is 39.8 Å². The van der Waals surface area contributed by atoms with E-state index in [0.717, 1.165) is 18.7 Å². The molecule has 0 saturated carbocycles. The van der Waals surface area contributed by atoms with Crippen LogP contribution in [-0.2, 0) is 16.1 Å². The van der Waals surface area contributed by atoms with Gasteiger partial charge in [0.2, 0.25) is 5.91 Å². The molecule has 0 aromatic carbocycles. The van der Waals surface area contributed by atoms with Crippen molar-refractivity contribution in [2.24, 2.45) is 5.92 Å². The number of aromatic nitrogens is 1. The molecule has 2 atom stereocenters. The number of hydrogen-bond donors (Lipinski definition) is 1. The van der Waals surface area contributed by atoms with Gasteiger partial charge in [0.25, 0.3) is 0 Å². The average molecular weight is 311 g/mol. The van der Waals surface area contributed by atoms with Gasteiger partial charge in [0.05, 0.1) is 5.69 Å². The zero-order valence-corrected chi connectivity index (χ0v) is 13.4. The van der Waals surface area contributed by atoms with E-state index in [9.17, 15) is 14.7 Å². The Balaban J connectivity index is 2.09. The van der Waals surface area contributed by atoms with Crippen LogP contribution in [0.2, 0.25) is 0 Å². The van der Waals surface area contributed by atoms with Gasteiger partial charge in [-0.15, -0.1) is 11.3 Å². The molecule has 21 heavy (non-hydrogen) atoms. The molecule has 0 radical (unpaired) electrons. The number of aliphatic carboxylic acids is 1. The molecule has 1 aliphatic rings. The molecule has 7 heteroatoms. The van der Waals surface area contributed by atoms with Gasteiger partial charge in [-0.2, -0.15) is 0 Å². The van der Waals surface area contributed by atoms with Gasteiger partial charge >= 0.3 is 5.97 Å². The summed E-state index contributed by atoms with van der Waals surface area (Å²) in [6.45, 7) is 7.28. The number of carbonyl (C=O) groups is 2. The summed E-state index contributed by atoms with van der Waals surface area (Å²) < 4.78 is 0. The zero-order chi connectivity index (χ0) is 15.6. The van der Waals surface area contributed by atoms with E-state index in [0.29, 0.717) is 18.2 Å². The Morgan fingerprint density at radius 2 is 2.29 bits per heavy atom. The van der Waals surface area contributed by atoms with Crippen LogP contribution in [-0.4, -0.2) is 46.0 Å². The predicted molar refractivity (Wildman–Crippen MR) is 81.4 cm³/mol. The van der Waals surface area contributed by atoms with Crippen LogP contribution in [0.4, 0.5) is 5.13 Å². The molecule has 0 spiro atoms. The Morgan fingerprint density at radius 1 is 1.57 bits per heavy atom. The molecule has 1 aromatic heterocycles. The first-order chi connectivity index (χ1) is 9.93. The summed E-state index contributed by atoms with van der Waals surface area (Å²) in [5.74, 6) is -0.643. The molecule has 1 aliphatic heterocycles. The first-order valence-corrected chi connectivity index (χ1v) is 8.01. The van der Waals surface area contributed by atoms with Crippen LogP contribution < -0.4 is 4.90 Å². The minimum atomic E-state index is -0.769. The topological polar surface area (TPSA) is 73.7 Å². The van der Waals surface area contributed by atoms with E-state index in [1.54, 1.807) is 4.90 Å². The number of amides is 1. The van der Waals surface area contributed by atoms with Crippen molar-refractivity contribution in [3.8, 4) is 0 Å². The van der Waals surface area contributed by atoms with Crippen LogP contribution in [0.3, 0.4) is 0 Å². The number of carboxylic acids is 1. The van der Waals surface area contributed by atoms with E-state index in [-0.39, 0.29) is 11.8 Å². The molecule has 116 valence electrons. The molecular formula is C14H21N3O3S. The fourth-order valence-corrected chi connectivity index (χ4v) is 3.72. The van der Waals surface area contributed by atoms with Crippen LogP contribution >= 0.6 is 11.3 Å². The Morgan fingerprint density at radius 3 is 2.86 bits per heavy atom. The number of rotatable bonds is 5. The van der Waals surface area contributed by atoms with Gasteiger partial charge in [-0.3, -0.25) is 19.4 Å². The minimum Gasteiger partial charge on any atom is -0.480 e. The Kier molecular flexibility index (Phi) is 4.95. The van der Waals surface area contributed by atoms with Crippen LogP contribution in [0.25, 0.3) is 0 Å². The smallest absolute Gasteiger partial charge is 0.321 e. The Labute approximate surface area is 128 Å². The SMILES string of the molecule is CCN(C(C)=O)c1nc(CN2CCC(C)C2C(=O)O)cs1. The third-order valence-corrected chi connectivity index (χ3v) is 4.80. The maximum Gasteiger partial charge on any atom is 0.321 e. The number of nitrogens with zero attached hydrogens (tertiary/aromatic N) is 3. The van der Waals surface area contributed by atoms with Crippen molar-refractivity contribution in [2.75, 3.05) is 18.0 Å². The largest absolute Gasteiger partial charge is 0.480 e. The van der Waals surface area contributed by atoms with Gasteiger partial charge in [-0.1, -0.05) is 6.92 Å². The zero-order valence-electron chi connectivity index (χ0n) is 12.6. The highest BCUT2D eigenvalue weighted by molar-refractivity contribution is 7.14. The first-order valence-electron chi connectivity index (χ1n) is 7.13. The summed E-state index contributed by atoms with van der Waals surface area (Å²) in [7, 11) is 0. The lowest BCUT2D eigenvalue weighted by molar-refractivity contribution is -0.143. The van der Waals surface area contributed by atoms with E-state index in [1.165, 1.54) is 18.3 Å². The summed E-state index contributed by atoms with van der Waals surface area (Å²) in [6, 6.07) is -0.440. The highest BCUT2D eigenvalue weighted by Crippen LogP contribution is 2.27. The third-order valence-electron chi connectivity index (χ3n) is 3.89. The Bertz CT molecular complexity index is 531. The molecule has 1 aromatic rings. The minimum absolute atomic E-state index is 0.0309. The van der Waals surface area contributed by atoms with Crippen molar-refractivity contribution >= 4 is 28.3 Å². The van der Waals surface area contributed by atoms with E-state index in [2.05, 4.69) is 4.98 Å². The molecular weight excluding hydrogens is 290 g/mol. The van der Waals surface area contributed by atoms with Crippen molar-refractivity contribution < 1.29 is 14.7 Å². The van der Waals surface area contributed by atoms with Crippen molar-refractivity contribution in [1.29, 1.82) is 0 Å². The molecule has 1 N–H and O–H groups in total. The second-order valence-corrected chi connectivity index (χ2v) is 6.24. The molecule has 6 nitrogen and oxygen atoms in total. The predicted octanol–water partition coefficient (Wildman–Crippen LogP) is 1.81. The number of anilines is 1. The normalized spacial score (nSPS) is 22.4. The highest BCUT2D eigenvalue weighted by Gasteiger charge is 2.36. The van der Waals surface area contributed by atoms with E-state index in [1.807, 2.05) is 24.1 Å². The lowest BCUT2D eigenvalue weighted by atomic mass is 10.0. The molecule has 0 bridgehead atoms. The van der Waals surface area contributed by atoms with Gasteiger partial charge in [-0.25, -0.2) is 4.98 Å². The van der Waals surface area contributed by atoms with Crippen molar-refractivity contribution in [1.82, 2.24) is 9.88 Å². The molecule has 1 saturated heterocycles. The van der Waals surface area contributed by atoms with Gasteiger partial charge in [0.1, 0.15) is 6.04 Å². The van der Waals surface area contributed by atoms with Crippen LogP contribution in [0, 0.1) is 5.92 Å². The van der Waals surface area contributed by atoms with E-state index < -0.39 is 12.0 Å². The van der Waals surface area contributed by atoms with Gasteiger partial charge in [-0.05, 0) is 25.8 Å². The number of thiazole rings is 1. The summed E-state index contributed by atoms with van der Waals surface area (Å²) in [4.78, 5) is 30.9. The number of carboxylic acid groups (broad SMARTS) is 1. The van der Waals surface area contributed by atoms with Crippen molar-refractivity contribution in [3.63, 3.8) is 0 Å². The maximum atomic E-state index is 11.5. The van der Waals surface area contributed by atoms with Crippen LogP contribution in [0.1, 0.15) is 32.9 Å². The number of likely N-dealkylation sites (tertiary alicyclic amines) is 1. The molecule has 0 aliphatic carbocycles. The fraction of sp³-hybridized carbons (Fsp3) is 0.643. The summed E-state index contributed by atoms with van der Waals surface area (Å²) in [5, 5.41) is 11.9. The summed E-state index contributed by atoms with van der Waals surface area (Å²) in [5.41, 5.74) is 0.829. The lowest BCUT2D eigenvalue weighted by Gasteiger charge is -2.22.